The summed E-state index contributed by atoms with van der Waals surface area (Å²) >= 11 is 0. The number of azide groups is 3. The number of rotatable bonds is 15. The van der Waals surface area contributed by atoms with Gasteiger partial charge in [0.1, 0.15) is 17.2 Å². The smallest absolute Gasteiger partial charge is 0.181 e. The highest BCUT2D eigenvalue weighted by Gasteiger charge is 2.37. The molecule has 0 fully saturated rings. The van der Waals surface area contributed by atoms with Crippen molar-refractivity contribution in [2.45, 2.75) is 0 Å². The molecule has 194 valence electrons. The van der Waals surface area contributed by atoms with Gasteiger partial charge >= 0.3 is 0 Å². The van der Waals surface area contributed by atoms with Crippen molar-refractivity contribution in [1.82, 2.24) is 0 Å². The first-order valence-corrected chi connectivity index (χ1v) is 13.2. The average molecular weight is 533 g/mol. The Balaban J connectivity index is 2.20. The van der Waals surface area contributed by atoms with E-state index < -0.39 is 7.14 Å². The van der Waals surface area contributed by atoms with Crippen LogP contribution >= 0.6 is 7.14 Å². The summed E-state index contributed by atoms with van der Waals surface area (Å²) < 4.78 is 33.2. The minimum atomic E-state index is -3.74. The van der Waals surface area contributed by atoms with Crippen molar-refractivity contribution >= 4 is 23.1 Å². The molecule has 0 N–H and O–H groups in total. The van der Waals surface area contributed by atoms with Crippen LogP contribution in [-0.4, -0.2) is 39.5 Å². The molecule has 0 heterocycles. The molecule has 3 rings (SSSR count). The number of benzene rings is 3. The topological polar surface area (TPSA) is 191 Å². The standard InChI is InChI=1S/C24H24N9O4P/c25-31-28-13-16-35-19-7-1-4-10-22(19)38(34,23-11-5-2-8-20(23)36-17-14-29-32-26)24-12-6-3-9-21(24)37-18-15-30-33-27/h1-12H,13-18H2. The third-order valence-electron chi connectivity index (χ3n) is 5.15. The predicted molar refractivity (Wildman–Crippen MR) is 144 cm³/mol. The Hall–Kier alpha value is -4.78. The Kier molecular flexibility index (Phi) is 10.8. The summed E-state index contributed by atoms with van der Waals surface area (Å²) in [6.45, 7) is 0.509. The fraction of sp³-hybridized carbons (Fsp3) is 0.250. The first kappa shape index (κ1) is 27.8. The maximum atomic E-state index is 15.5. The SMILES string of the molecule is [N-]=[N+]=NCCOc1ccccc1P(=O)(c1ccccc1OCCN=[N+]=[N-])c1ccccc1OCCN=[N+]=[N-]. The quantitative estimate of drug-likeness (QED) is 0.0831. The molecule has 0 atom stereocenters. The van der Waals surface area contributed by atoms with Gasteiger partial charge in [-0.15, -0.1) is 0 Å². The second kappa shape index (κ2) is 14.7. The summed E-state index contributed by atoms with van der Waals surface area (Å²) in [6.07, 6.45) is 0. The number of ether oxygens (including phenoxy) is 3. The Morgan fingerprint density at radius 3 is 1.13 bits per heavy atom. The van der Waals surface area contributed by atoms with E-state index in [1.54, 1.807) is 72.8 Å². The average Bonchev–Trinajstić information content (AvgIpc) is 2.96. The molecule has 0 unspecified atom stereocenters. The highest BCUT2D eigenvalue weighted by molar-refractivity contribution is 7.85. The molecular formula is C24H24N9O4P. The van der Waals surface area contributed by atoms with Crippen molar-refractivity contribution in [2.24, 2.45) is 15.3 Å². The fourth-order valence-corrected chi connectivity index (χ4v) is 6.65. The zero-order chi connectivity index (χ0) is 27.1. The van der Waals surface area contributed by atoms with E-state index in [0.717, 1.165) is 0 Å². The Bertz CT molecular complexity index is 1260. The summed E-state index contributed by atoms with van der Waals surface area (Å²) in [4.78, 5) is 8.21. The number of nitrogens with zero attached hydrogens (tertiary/aromatic N) is 9. The van der Waals surface area contributed by atoms with Crippen molar-refractivity contribution in [3.05, 3.63) is 104 Å². The first-order valence-electron chi connectivity index (χ1n) is 11.5. The zero-order valence-corrected chi connectivity index (χ0v) is 21.2. The lowest BCUT2D eigenvalue weighted by Gasteiger charge is -2.26. The van der Waals surface area contributed by atoms with Crippen LogP contribution in [0.25, 0.3) is 31.3 Å². The Morgan fingerprint density at radius 2 is 0.842 bits per heavy atom. The Morgan fingerprint density at radius 1 is 0.553 bits per heavy atom. The molecule has 3 aromatic carbocycles. The molecule has 3 aromatic rings. The maximum absolute atomic E-state index is 15.5. The van der Waals surface area contributed by atoms with Crippen LogP contribution in [0.3, 0.4) is 0 Å². The molecule has 0 spiro atoms. The highest BCUT2D eigenvalue weighted by atomic mass is 31.2. The van der Waals surface area contributed by atoms with Crippen LogP contribution in [0.15, 0.2) is 88.1 Å². The van der Waals surface area contributed by atoms with Gasteiger partial charge in [0.2, 0.25) is 0 Å². The van der Waals surface area contributed by atoms with Gasteiger partial charge in [0.15, 0.2) is 7.14 Å². The molecule has 0 saturated carbocycles. The third-order valence-corrected chi connectivity index (χ3v) is 8.29. The van der Waals surface area contributed by atoms with E-state index in [1.807, 2.05) is 0 Å². The molecule has 14 heteroatoms. The highest BCUT2D eigenvalue weighted by Crippen LogP contribution is 2.49. The Labute approximate surface area is 218 Å². The molecule has 0 saturated heterocycles. The molecule has 0 aliphatic rings. The largest absolute Gasteiger partial charge is 0.493 e. The summed E-state index contributed by atoms with van der Waals surface area (Å²) in [5.74, 6) is 1.03. The van der Waals surface area contributed by atoms with Gasteiger partial charge in [0.05, 0.1) is 55.4 Å². The van der Waals surface area contributed by atoms with Gasteiger partial charge in [-0.3, -0.25) is 0 Å². The molecule has 0 aliphatic carbocycles. The van der Waals surface area contributed by atoms with Crippen molar-refractivity contribution in [3.63, 3.8) is 0 Å². The van der Waals surface area contributed by atoms with Crippen LogP contribution in [0.4, 0.5) is 0 Å². The van der Waals surface area contributed by atoms with Crippen LogP contribution in [0, 0.1) is 0 Å². The summed E-state index contributed by atoms with van der Waals surface area (Å²) in [5.41, 5.74) is 25.8. The van der Waals surface area contributed by atoms with Gasteiger partial charge in [-0.25, -0.2) is 0 Å². The molecule has 38 heavy (non-hydrogen) atoms. The molecule has 0 bridgehead atoms. The van der Waals surface area contributed by atoms with Gasteiger partial charge in [-0.1, -0.05) is 51.7 Å². The van der Waals surface area contributed by atoms with E-state index in [4.69, 9.17) is 30.8 Å². The van der Waals surface area contributed by atoms with Gasteiger partial charge < -0.3 is 18.8 Å². The predicted octanol–water partition coefficient (Wildman–Crippen LogP) is 5.39. The summed E-state index contributed by atoms with van der Waals surface area (Å²) in [7, 11) is -3.74. The lowest BCUT2D eigenvalue weighted by atomic mass is 10.3. The second-order valence-corrected chi connectivity index (χ2v) is 10.1. The van der Waals surface area contributed by atoms with Gasteiger partial charge in [0, 0.05) is 14.7 Å². The van der Waals surface area contributed by atoms with Crippen LogP contribution in [0.1, 0.15) is 0 Å². The van der Waals surface area contributed by atoms with Crippen molar-refractivity contribution < 1.29 is 18.8 Å². The lowest BCUT2D eigenvalue weighted by molar-refractivity contribution is 0.329. The summed E-state index contributed by atoms with van der Waals surface area (Å²) in [5, 5.41) is 11.7. The maximum Gasteiger partial charge on any atom is 0.181 e. The van der Waals surface area contributed by atoms with E-state index in [9.17, 15) is 0 Å². The summed E-state index contributed by atoms with van der Waals surface area (Å²) in [6, 6.07) is 20.7. The van der Waals surface area contributed by atoms with Gasteiger partial charge in [-0.2, -0.15) is 0 Å². The van der Waals surface area contributed by atoms with Crippen LogP contribution in [-0.2, 0) is 4.57 Å². The molecule has 0 radical (unpaired) electrons. The number of para-hydroxylation sites is 3. The van der Waals surface area contributed by atoms with Gasteiger partial charge in [0.25, 0.3) is 0 Å². The van der Waals surface area contributed by atoms with Crippen LogP contribution < -0.4 is 30.1 Å². The van der Waals surface area contributed by atoms with Crippen molar-refractivity contribution in [2.75, 3.05) is 39.5 Å². The van der Waals surface area contributed by atoms with Crippen LogP contribution in [0.5, 0.6) is 17.2 Å². The minimum absolute atomic E-state index is 0.0791. The second-order valence-electron chi connectivity index (χ2n) is 7.42. The number of hydrogen-bond donors (Lipinski definition) is 0. The van der Waals surface area contributed by atoms with Gasteiger partial charge in [-0.05, 0) is 53.0 Å². The van der Waals surface area contributed by atoms with E-state index in [-0.39, 0.29) is 39.5 Å². The van der Waals surface area contributed by atoms with E-state index in [2.05, 4.69) is 30.1 Å². The molecule has 0 aromatic heterocycles. The number of hydrogen-bond acceptors (Lipinski definition) is 7. The third kappa shape index (κ3) is 6.91. The minimum Gasteiger partial charge on any atom is -0.493 e. The normalized spacial score (nSPS) is 11.6. The lowest BCUT2D eigenvalue weighted by Crippen LogP contribution is -2.29. The first-order chi connectivity index (χ1) is 18.7. The van der Waals surface area contributed by atoms with Crippen LogP contribution in [0.2, 0.25) is 0 Å². The molecule has 0 aliphatic heterocycles. The van der Waals surface area contributed by atoms with E-state index in [1.165, 1.54) is 0 Å². The van der Waals surface area contributed by atoms with E-state index in [0.29, 0.717) is 33.2 Å². The zero-order valence-electron chi connectivity index (χ0n) is 20.3. The monoisotopic (exact) mass is 533 g/mol. The molecule has 13 nitrogen and oxygen atoms in total. The molecular weight excluding hydrogens is 509 g/mol. The van der Waals surface area contributed by atoms with E-state index >= 15 is 4.57 Å². The fourth-order valence-electron chi connectivity index (χ4n) is 3.63. The van der Waals surface area contributed by atoms with Crippen molar-refractivity contribution in [3.8, 4) is 17.2 Å². The van der Waals surface area contributed by atoms with Crippen molar-refractivity contribution in [1.29, 1.82) is 0 Å². The molecule has 0 amide bonds.